The van der Waals surface area contributed by atoms with Gasteiger partial charge in [0, 0.05) is 0 Å². The van der Waals surface area contributed by atoms with Gasteiger partial charge in [-0.3, -0.25) is 4.79 Å². The summed E-state index contributed by atoms with van der Waals surface area (Å²) in [6.07, 6.45) is 6.06. The van der Waals surface area contributed by atoms with E-state index in [1.807, 2.05) is 29.5 Å². The number of carbonyl (C=O) groups is 1. The van der Waals surface area contributed by atoms with Crippen LogP contribution in [0.4, 0.5) is 0 Å². The minimum absolute atomic E-state index is 0.0939. The van der Waals surface area contributed by atoms with Crippen molar-refractivity contribution >= 4 is 28.6 Å². The number of ether oxygens (including phenoxy) is 1. The van der Waals surface area contributed by atoms with Gasteiger partial charge in [-0.05, 0) is 19.8 Å². The van der Waals surface area contributed by atoms with Crippen LogP contribution in [0.15, 0.2) is 0 Å². The van der Waals surface area contributed by atoms with E-state index in [1.165, 1.54) is 25.7 Å². The molecule has 0 aromatic rings. The van der Waals surface area contributed by atoms with Gasteiger partial charge in [-0.15, -0.1) is 0 Å². The van der Waals surface area contributed by atoms with Crippen molar-refractivity contribution in [2.24, 2.45) is 0 Å². The third-order valence-corrected chi connectivity index (χ3v) is 2.53. The summed E-state index contributed by atoms with van der Waals surface area (Å²) < 4.78 is 5.59. The van der Waals surface area contributed by atoms with E-state index in [0.717, 1.165) is 6.42 Å². The summed E-state index contributed by atoms with van der Waals surface area (Å²) in [5.74, 6) is -0.0939. The van der Waals surface area contributed by atoms with Crippen molar-refractivity contribution in [3.05, 3.63) is 0 Å². The Morgan fingerprint density at radius 2 is 2.08 bits per heavy atom. The molecule has 0 aromatic heterocycles. The maximum absolute atomic E-state index is 10.9. The molecule has 0 radical (unpaired) electrons. The van der Waals surface area contributed by atoms with Gasteiger partial charge in [0.25, 0.3) is 0 Å². The highest BCUT2D eigenvalue weighted by atomic mass is 127. The van der Waals surface area contributed by atoms with E-state index in [9.17, 15) is 4.79 Å². The zero-order valence-corrected chi connectivity index (χ0v) is 10.7. The first-order chi connectivity index (χ1) is 6.20. The topological polar surface area (TPSA) is 26.3 Å². The summed E-state index contributed by atoms with van der Waals surface area (Å²) in [4.78, 5) is 10.9. The summed E-state index contributed by atoms with van der Waals surface area (Å²) in [7, 11) is 0. The largest absolute Gasteiger partial charge is 0.462 e. The van der Waals surface area contributed by atoms with Crippen molar-refractivity contribution in [1.82, 2.24) is 0 Å². The van der Waals surface area contributed by atoms with Crippen molar-refractivity contribution in [3.8, 4) is 0 Å². The molecule has 0 aromatic carbocycles. The molecule has 3 heteroatoms. The van der Waals surface area contributed by atoms with Gasteiger partial charge in [-0.2, -0.15) is 0 Å². The molecule has 0 N–H and O–H groups in total. The first-order valence-corrected chi connectivity index (χ1v) is 6.48. The van der Waals surface area contributed by atoms with Gasteiger partial charge >= 0.3 is 5.97 Å². The highest BCUT2D eigenvalue weighted by Crippen LogP contribution is 2.08. The summed E-state index contributed by atoms with van der Waals surface area (Å²) in [6.45, 7) is 4.16. The van der Waals surface area contributed by atoms with Crippen LogP contribution < -0.4 is 0 Å². The number of carbonyl (C=O) groups excluding carboxylic acids is 1. The van der Waals surface area contributed by atoms with E-state index in [0.29, 0.717) is 4.43 Å². The number of unbranched alkanes of at least 4 members (excludes halogenated alkanes) is 3. The third-order valence-electron chi connectivity index (χ3n) is 1.91. The average molecular weight is 298 g/mol. The zero-order valence-electron chi connectivity index (χ0n) is 8.51. The molecular formula is C10H19IO2. The first kappa shape index (κ1) is 13.2. The minimum atomic E-state index is -0.0939. The summed E-state index contributed by atoms with van der Waals surface area (Å²) in [5, 5.41) is 0. The van der Waals surface area contributed by atoms with Crippen molar-refractivity contribution in [3.63, 3.8) is 0 Å². The second kappa shape index (κ2) is 8.78. The van der Waals surface area contributed by atoms with Crippen molar-refractivity contribution in [2.75, 3.05) is 4.43 Å². The lowest BCUT2D eigenvalue weighted by atomic mass is 10.1. The fourth-order valence-electron chi connectivity index (χ4n) is 1.17. The second-order valence-corrected chi connectivity index (χ2v) is 4.05. The summed E-state index contributed by atoms with van der Waals surface area (Å²) in [5.41, 5.74) is 0. The molecule has 78 valence electrons. The molecule has 0 saturated heterocycles. The van der Waals surface area contributed by atoms with Gasteiger partial charge in [0.2, 0.25) is 0 Å². The van der Waals surface area contributed by atoms with Crippen LogP contribution in [0.1, 0.15) is 46.0 Å². The molecule has 1 atom stereocenters. The van der Waals surface area contributed by atoms with Gasteiger partial charge in [-0.25, -0.2) is 0 Å². The summed E-state index contributed by atoms with van der Waals surface area (Å²) in [6, 6.07) is 0. The Labute approximate surface area is 94.6 Å². The van der Waals surface area contributed by atoms with Crippen molar-refractivity contribution in [1.29, 1.82) is 0 Å². The van der Waals surface area contributed by atoms with Crippen LogP contribution in [-0.2, 0) is 9.53 Å². The minimum Gasteiger partial charge on any atom is -0.462 e. The molecule has 0 amide bonds. The monoisotopic (exact) mass is 298 g/mol. The number of alkyl halides is 1. The SMILES string of the molecule is CCCCCC[C@@H](C)OC(=O)CI. The Morgan fingerprint density at radius 3 is 2.62 bits per heavy atom. The van der Waals surface area contributed by atoms with Gasteiger partial charge in [0.1, 0.15) is 0 Å². The van der Waals surface area contributed by atoms with Gasteiger partial charge in [0.15, 0.2) is 0 Å². The van der Waals surface area contributed by atoms with Crippen molar-refractivity contribution in [2.45, 2.75) is 52.1 Å². The quantitative estimate of drug-likeness (QED) is 0.312. The highest BCUT2D eigenvalue weighted by Gasteiger charge is 2.06. The molecule has 0 fully saturated rings. The second-order valence-electron chi connectivity index (χ2n) is 3.28. The predicted octanol–water partition coefficient (Wildman–Crippen LogP) is 3.32. The first-order valence-electron chi connectivity index (χ1n) is 4.96. The Balaban J connectivity index is 3.29. The van der Waals surface area contributed by atoms with E-state index in [1.54, 1.807) is 0 Å². The number of hydrogen-bond acceptors (Lipinski definition) is 2. The molecule has 0 spiro atoms. The molecule has 0 heterocycles. The normalized spacial score (nSPS) is 12.5. The van der Waals surface area contributed by atoms with Crippen LogP contribution in [0.5, 0.6) is 0 Å². The molecule has 0 saturated carbocycles. The molecular weight excluding hydrogens is 279 g/mol. The maximum Gasteiger partial charge on any atom is 0.315 e. The molecule has 13 heavy (non-hydrogen) atoms. The Morgan fingerprint density at radius 1 is 1.38 bits per heavy atom. The van der Waals surface area contributed by atoms with E-state index < -0.39 is 0 Å². The van der Waals surface area contributed by atoms with E-state index >= 15 is 0 Å². The zero-order chi connectivity index (χ0) is 10.1. The fraction of sp³-hybridized carbons (Fsp3) is 0.900. The Hall–Kier alpha value is 0.200. The van der Waals surface area contributed by atoms with Crippen molar-refractivity contribution < 1.29 is 9.53 Å². The lowest BCUT2D eigenvalue weighted by Gasteiger charge is -2.11. The predicted molar refractivity (Wildman–Crippen MR) is 63.2 cm³/mol. The van der Waals surface area contributed by atoms with Crippen LogP contribution in [0.3, 0.4) is 0 Å². The van der Waals surface area contributed by atoms with E-state index in [2.05, 4.69) is 6.92 Å². The fourth-order valence-corrected chi connectivity index (χ4v) is 1.35. The van der Waals surface area contributed by atoms with E-state index in [4.69, 9.17) is 4.74 Å². The number of halogens is 1. The average Bonchev–Trinajstić information content (AvgIpc) is 2.12. The smallest absolute Gasteiger partial charge is 0.315 e. The lowest BCUT2D eigenvalue weighted by Crippen LogP contribution is -2.15. The van der Waals surface area contributed by atoms with Gasteiger partial charge in [-0.1, -0.05) is 48.8 Å². The van der Waals surface area contributed by atoms with Crippen LogP contribution in [-0.4, -0.2) is 16.5 Å². The van der Waals surface area contributed by atoms with Crippen LogP contribution in [0.2, 0.25) is 0 Å². The molecule has 0 aliphatic carbocycles. The molecule has 2 nitrogen and oxygen atoms in total. The van der Waals surface area contributed by atoms with Crippen LogP contribution >= 0.6 is 22.6 Å². The highest BCUT2D eigenvalue weighted by molar-refractivity contribution is 14.1. The number of esters is 1. The Kier molecular flexibility index (Phi) is 8.92. The Bertz CT molecular complexity index is 137. The molecule has 0 bridgehead atoms. The van der Waals surface area contributed by atoms with Crippen LogP contribution in [0, 0.1) is 0 Å². The molecule has 0 rings (SSSR count). The molecule has 0 aliphatic heterocycles. The maximum atomic E-state index is 10.9. The van der Waals surface area contributed by atoms with Gasteiger partial charge in [0.05, 0.1) is 10.5 Å². The standard InChI is InChI=1S/C10H19IO2/c1-3-4-5-6-7-9(2)13-10(12)8-11/h9H,3-8H2,1-2H3/t9-/m1/s1. The van der Waals surface area contributed by atoms with Crippen LogP contribution in [0.25, 0.3) is 0 Å². The number of rotatable bonds is 7. The summed E-state index contributed by atoms with van der Waals surface area (Å²) >= 11 is 2.02. The third kappa shape index (κ3) is 8.53. The van der Waals surface area contributed by atoms with E-state index in [-0.39, 0.29) is 12.1 Å². The van der Waals surface area contributed by atoms with Gasteiger partial charge < -0.3 is 4.74 Å². The molecule has 0 aliphatic rings. The molecule has 0 unspecified atom stereocenters. The number of hydrogen-bond donors (Lipinski definition) is 0. The lowest BCUT2D eigenvalue weighted by molar-refractivity contribution is -0.144.